The average molecular weight is 571 g/mol. The summed E-state index contributed by atoms with van der Waals surface area (Å²) in [6, 6.07) is 14.5. The van der Waals surface area contributed by atoms with Crippen LogP contribution in [0.2, 0.25) is 15.1 Å². The number of rotatable bonds is 7. The van der Waals surface area contributed by atoms with Gasteiger partial charge in [-0.25, -0.2) is 21.8 Å². The van der Waals surface area contributed by atoms with E-state index in [1.807, 2.05) is 0 Å². The van der Waals surface area contributed by atoms with Crippen molar-refractivity contribution in [1.82, 2.24) is 9.97 Å². The van der Waals surface area contributed by atoms with Crippen LogP contribution < -0.4 is 8.45 Å². The lowest BCUT2D eigenvalue weighted by atomic mass is 10.4. The van der Waals surface area contributed by atoms with Crippen molar-refractivity contribution < 1.29 is 21.6 Å². The molecule has 35 heavy (non-hydrogen) atoms. The van der Waals surface area contributed by atoms with Crippen LogP contribution in [0.3, 0.4) is 0 Å². The summed E-state index contributed by atoms with van der Waals surface area (Å²) >= 11 is 17.8. The molecule has 4 rings (SSSR count). The summed E-state index contributed by atoms with van der Waals surface area (Å²) in [5.74, 6) is 0.339. The van der Waals surface area contributed by atoms with Gasteiger partial charge in [-0.2, -0.15) is 3.71 Å². The summed E-state index contributed by atoms with van der Waals surface area (Å²) in [6.45, 7) is 0. The van der Waals surface area contributed by atoms with E-state index < -0.39 is 20.0 Å². The molecular formula is C22H14Cl3N3O5S2. The Morgan fingerprint density at radius 2 is 1.29 bits per heavy atom. The Morgan fingerprint density at radius 3 is 1.77 bits per heavy atom. The molecule has 4 aromatic rings. The molecule has 0 bridgehead atoms. The van der Waals surface area contributed by atoms with Gasteiger partial charge in [0.2, 0.25) is 5.88 Å². The summed E-state index contributed by atoms with van der Waals surface area (Å²) in [7, 11) is -9.33. The second-order valence-electron chi connectivity index (χ2n) is 6.92. The number of ether oxygens (including phenoxy) is 1. The lowest BCUT2D eigenvalue weighted by Crippen LogP contribution is -2.37. The SMILES string of the molecule is O=S(=O)(c1cccc(Cl)c1)N(c1ccc(Oc2cncc(Cl)c2)nc1)S(=O)(=O)c1cccc(Cl)c1. The second kappa shape index (κ2) is 10.00. The molecule has 0 spiro atoms. The second-order valence-corrected chi connectivity index (χ2v) is 12.0. The fraction of sp³-hybridized carbons (Fsp3) is 0. The quantitative estimate of drug-likeness (QED) is 0.276. The number of nitrogens with zero attached hydrogens (tertiary/aromatic N) is 3. The Hall–Kier alpha value is -2.89. The highest BCUT2D eigenvalue weighted by molar-refractivity contribution is 8.10. The van der Waals surface area contributed by atoms with E-state index >= 15 is 0 Å². The maximum atomic E-state index is 13.6. The molecule has 8 nitrogen and oxygen atoms in total. The Labute approximate surface area is 216 Å². The number of halogens is 3. The van der Waals surface area contributed by atoms with Crippen LogP contribution in [0.25, 0.3) is 0 Å². The molecule has 2 aromatic carbocycles. The monoisotopic (exact) mass is 569 g/mol. The van der Waals surface area contributed by atoms with Crippen LogP contribution >= 0.6 is 34.8 Å². The fourth-order valence-electron chi connectivity index (χ4n) is 2.96. The van der Waals surface area contributed by atoms with Crippen molar-refractivity contribution in [2.45, 2.75) is 9.79 Å². The van der Waals surface area contributed by atoms with Gasteiger partial charge in [-0.15, -0.1) is 0 Å². The smallest absolute Gasteiger partial charge is 0.277 e. The third-order valence-electron chi connectivity index (χ3n) is 4.46. The fourth-order valence-corrected chi connectivity index (χ4v) is 7.39. The Morgan fingerprint density at radius 1 is 0.686 bits per heavy atom. The minimum absolute atomic E-state index is 0.0538. The van der Waals surface area contributed by atoms with Gasteiger partial charge in [0.25, 0.3) is 20.0 Å². The lowest BCUT2D eigenvalue weighted by molar-refractivity contribution is 0.461. The number of anilines is 1. The number of pyridine rings is 2. The number of hydrogen-bond acceptors (Lipinski definition) is 7. The molecule has 0 amide bonds. The maximum Gasteiger partial charge on any atom is 0.277 e. The standard InChI is InChI=1S/C22H14Cl3N3O5S2/c23-15-3-1-5-20(10-15)34(29,30)28(35(31,32)21-6-2-4-16(24)11-21)18-7-8-22(27-13-18)33-19-9-17(25)12-26-14-19/h1-14H. The zero-order valence-electron chi connectivity index (χ0n) is 17.4. The van der Waals surface area contributed by atoms with E-state index in [-0.39, 0.29) is 40.9 Å². The summed E-state index contributed by atoms with van der Waals surface area (Å²) in [5, 5.41) is 0.567. The highest BCUT2D eigenvalue weighted by Crippen LogP contribution is 2.33. The molecule has 0 aliphatic heterocycles. The molecule has 0 radical (unpaired) electrons. The molecule has 0 unspecified atom stereocenters. The molecule has 13 heteroatoms. The molecule has 180 valence electrons. The minimum atomic E-state index is -4.66. The predicted octanol–water partition coefficient (Wildman–Crippen LogP) is 5.81. The topological polar surface area (TPSA) is 107 Å². The van der Waals surface area contributed by atoms with Gasteiger partial charge in [-0.05, 0) is 42.5 Å². The molecule has 2 heterocycles. The summed E-state index contributed by atoms with van der Waals surface area (Å²) in [6.07, 6.45) is 3.88. The van der Waals surface area contributed by atoms with Crippen molar-refractivity contribution in [1.29, 1.82) is 0 Å². The van der Waals surface area contributed by atoms with Crippen molar-refractivity contribution in [3.05, 3.63) is 100 Å². The zero-order valence-corrected chi connectivity index (χ0v) is 21.3. The van der Waals surface area contributed by atoms with E-state index in [1.165, 1.54) is 67.0 Å². The molecule has 0 atom stereocenters. The highest BCUT2D eigenvalue weighted by atomic mass is 35.5. The summed E-state index contributed by atoms with van der Waals surface area (Å²) < 4.78 is 60.1. The number of aromatic nitrogens is 2. The van der Waals surface area contributed by atoms with Gasteiger partial charge in [-0.3, -0.25) is 4.98 Å². The number of sulfonamides is 2. The van der Waals surface area contributed by atoms with Crippen LogP contribution in [0.15, 0.2) is 95.1 Å². The number of hydrogen-bond donors (Lipinski definition) is 0. The lowest BCUT2D eigenvalue weighted by Gasteiger charge is -2.24. The van der Waals surface area contributed by atoms with Crippen molar-refractivity contribution in [3.63, 3.8) is 0 Å². The number of benzene rings is 2. The van der Waals surface area contributed by atoms with Crippen LogP contribution in [-0.2, 0) is 20.0 Å². The van der Waals surface area contributed by atoms with E-state index in [0.29, 0.717) is 5.02 Å². The van der Waals surface area contributed by atoms with E-state index in [0.717, 1.165) is 18.3 Å². The first-order valence-electron chi connectivity index (χ1n) is 9.63. The molecule has 0 saturated heterocycles. The van der Waals surface area contributed by atoms with Gasteiger partial charge in [0.1, 0.15) is 5.75 Å². The third-order valence-corrected chi connectivity index (χ3v) is 9.31. The third kappa shape index (κ3) is 5.52. The molecule has 0 fully saturated rings. The molecule has 0 saturated carbocycles. The van der Waals surface area contributed by atoms with E-state index in [4.69, 9.17) is 39.5 Å². The minimum Gasteiger partial charge on any atom is -0.437 e. The van der Waals surface area contributed by atoms with E-state index in [1.54, 1.807) is 0 Å². The largest absolute Gasteiger partial charge is 0.437 e. The predicted molar refractivity (Wildman–Crippen MR) is 133 cm³/mol. The molecule has 0 N–H and O–H groups in total. The van der Waals surface area contributed by atoms with E-state index in [9.17, 15) is 16.8 Å². The first kappa shape index (κ1) is 25.2. The molecular weight excluding hydrogens is 557 g/mol. The van der Waals surface area contributed by atoms with Crippen LogP contribution in [0.4, 0.5) is 5.69 Å². The van der Waals surface area contributed by atoms with Crippen molar-refractivity contribution in [2.75, 3.05) is 3.71 Å². The average Bonchev–Trinajstić information content (AvgIpc) is 2.80. The van der Waals surface area contributed by atoms with Crippen molar-refractivity contribution in [2.24, 2.45) is 0 Å². The van der Waals surface area contributed by atoms with Crippen LogP contribution in [0, 0.1) is 0 Å². The molecule has 0 aliphatic rings. The zero-order chi connectivity index (χ0) is 25.2. The van der Waals surface area contributed by atoms with Gasteiger partial charge >= 0.3 is 0 Å². The first-order valence-corrected chi connectivity index (χ1v) is 13.6. The summed E-state index contributed by atoms with van der Waals surface area (Å²) in [5.41, 5.74) is -0.262. The molecule has 0 aliphatic carbocycles. The normalized spacial score (nSPS) is 11.7. The van der Waals surface area contributed by atoms with Crippen molar-refractivity contribution >= 4 is 60.5 Å². The first-order chi connectivity index (χ1) is 16.6. The molecule has 2 aromatic heterocycles. The van der Waals surface area contributed by atoms with Crippen LogP contribution in [0.1, 0.15) is 0 Å². The highest BCUT2D eigenvalue weighted by Gasteiger charge is 2.37. The van der Waals surface area contributed by atoms with Crippen molar-refractivity contribution in [3.8, 4) is 11.6 Å². The Kier molecular flexibility index (Phi) is 7.20. The van der Waals surface area contributed by atoms with Gasteiger partial charge in [0, 0.05) is 28.4 Å². The Balaban J connectivity index is 1.82. The van der Waals surface area contributed by atoms with Crippen LogP contribution in [-0.4, -0.2) is 26.8 Å². The Bertz CT molecular complexity index is 1520. The van der Waals surface area contributed by atoms with Gasteiger partial charge < -0.3 is 4.74 Å². The maximum absolute atomic E-state index is 13.6. The summed E-state index contributed by atoms with van der Waals surface area (Å²) in [4.78, 5) is 7.29. The van der Waals surface area contributed by atoms with Gasteiger partial charge in [-0.1, -0.05) is 46.9 Å². The van der Waals surface area contributed by atoms with Gasteiger partial charge in [0.05, 0.1) is 32.9 Å². The van der Waals surface area contributed by atoms with Gasteiger partial charge in [0.15, 0.2) is 0 Å². The van der Waals surface area contributed by atoms with E-state index in [2.05, 4.69) is 9.97 Å². The van der Waals surface area contributed by atoms with Crippen LogP contribution in [0.5, 0.6) is 11.6 Å².